The first-order chi connectivity index (χ1) is 12.6. The molecule has 0 bridgehead atoms. The van der Waals surface area contributed by atoms with Gasteiger partial charge in [-0.2, -0.15) is 0 Å². The van der Waals surface area contributed by atoms with Crippen LogP contribution in [0.25, 0.3) is 0 Å². The van der Waals surface area contributed by atoms with Gasteiger partial charge in [-0.25, -0.2) is 0 Å². The average molecular weight is 353 g/mol. The Hall–Kier alpha value is -1.98. The molecule has 2 aliphatic heterocycles. The van der Waals surface area contributed by atoms with Gasteiger partial charge >= 0.3 is 0 Å². The number of hydrogen-bond donors (Lipinski definition) is 0. The molecule has 2 fully saturated rings. The smallest absolute Gasteiger partial charge is 0.234 e. The number of benzene rings is 1. The van der Waals surface area contributed by atoms with Crippen LogP contribution in [0.1, 0.15) is 24.0 Å². The van der Waals surface area contributed by atoms with Crippen molar-refractivity contribution in [2.45, 2.75) is 26.3 Å². The predicted octanol–water partition coefficient (Wildman–Crippen LogP) is 2.02. The van der Waals surface area contributed by atoms with E-state index in [4.69, 9.17) is 0 Å². The van der Waals surface area contributed by atoms with Crippen molar-refractivity contribution in [1.82, 2.24) is 14.7 Å². The summed E-state index contributed by atoms with van der Waals surface area (Å²) in [6.45, 7) is 7.33. The largest absolute Gasteiger partial charge is 0.297 e. The van der Waals surface area contributed by atoms with Gasteiger partial charge in [-0.3, -0.25) is 24.3 Å². The number of nitrogens with zero attached hydrogens (tertiary/aromatic N) is 3. The van der Waals surface area contributed by atoms with Crippen LogP contribution in [0.15, 0.2) is 36.4 Å². The molecule has 5 heteroatoms. The van der Waals surface area contributed by atoms with E-state index in [0.29, 0.717) is 6.67 Å². The normalized spacial score (nSPS) is 27.2. The lowest BCUT2D eigenvalue weighted by Crippen LogP contribution is -2.51. The molecule has 2 heterocycles. The lowest BCUT2D eigenvalue weighted by Gasteiger charge is -2.36. The molecule has 0 spiro atoms. The fraction of sp³-hybridized carbons (Fsp3) is 0.524. The van der Waals surface area contributed by atoms with Crippen molar-refractivity contribution >= 4 is 11.8 Å². The Morgan fingerprint density at radius 3 is 2.08 bits per heavy atom. The SMILES string of the molecule is Cc1ccccc1CN1CCN(CN2C(=O)[C@H]3CC=CC[C@H]3C2=O)CC1. The molecule has 0 saturated carbocycles. The highest BCUT2D eigenvalue weighted by Gasteiger charge is 2.47. The standard InChI is InChI=1S/C21H27N3O2/c1-16-6-2-3-7-17(16)14-22-10-12-23(13-11-22)15-24-20(25)18-8-4-5-9-19(18)21(24)26/h2-7,18-19H,8-15H2,1H3/t18-,19+. The lowest BCUT2D eigenvalue weighted by molar-refractivity contribution is -0.142. The van der Waals surface area contributed by atoms with E-state index in [1.165, 1.54) is 16.0 Å². The predicted molar refractivity (Wildman–Crippen MR) is 100 cm³/mol. The number of likely N-dealkylation sites (tertiary alicyclic amines) is 1. The van der Waals surface area contributed by atoms with Crippen LogP contribution in [0.5, 0.6) is 0 Å². The second kappa shape index (κ2) is 7.33. The van der Waals surface area contributed by atoms with Gasteiger partial charge in [-0.05, 0) is 30.9 Å². The number of amides is 2. The zero-order chi connectivity index (χ0) is 18.1. The van der Waals surface area contributed by atoms with Crippen molar-refractivity contribution < 1.29 is 9.59 Å². The van der Waals surface area contributed by atoms with Crippen LogP contribution in [0.4, 0.5) is 0 Å². The summed E-state index contributed by atoms with van der Waals surface area (Å²) in [6.07, 6.45) is 5.52. The van der Waals surface area contributed by atoms with E-state index in [2.05, 4.69) is 41.0 Å². The van der Waals surface area contributed by atoms with Gasteiger partial charge in [0.2, 0.25) is 11.8 Å². The van der Waals surface area contributed by atoms with Crippen LogP contribution in [0.3, 0.4) is 0 Å². The molecule has 5 nitrogen and oxygen atoms in total. The summed E-state index contributed by atoms with van der Waals surface area (Å²) in [5, 5.41) is 0. The third-order valence-corrected chi connectivity index (χ3v) is 6.06. The second-order valence-electron chi connectivity index (χ2n) is 7.72. The number of fused-ring (bicyclic) bond motifs is 1. The molecule has 26 heavy (non-hydrogen) atoms. The number of hydrogen-bond acceptors (Lipinski definition) is 4. The maximum Gasteiger partial charge on any atom is 0.234 e. The van der Waals surface area contributed by atoms with Crippen LogP contribution < -0.4 is 0 Å². The number of piperazine rings is 1. The molecule has 4 rings (SSSR count). The first-order valence-electron chi connectivity index (χ1n) is 9.63. The van der Waals surface area contributed by atoms with Gasteiger partial charge in [0.05, 0.1) is 18.5 Å². The minimum absolute atomic E-state index is 0.0340. The van der Waals surface area contributed by atoms with Crippen molar-refractivity contribution in [2.75, 3.05) is 32.8 Å². The zero-order valence-corrected chi connectivity index (χ0v) is 15.4. The van der Waals surface area contributed by atoms with Gasteiger partial charge in [-0.15, -0.1) is 0 Å². The van der Waals surface area contributed by atoms with Crippen molar-refractivity contribution in [3.63, 3.8) is 0 Å². The molecule has 0 N–H and O–H groups in total. The Kier molecular flexibility index (Phi) is 4.92. The van der Waals surface area contributed by atoms with E-state index in [1.54, 1.807) is 0 Å². The molecule has 0 unspecified atom stereocenters. The molecular weight excluding hydrogens is 326 g/mol. The van der Waals surface area contributed by atoms with Crippen LogP contribution in [0.2, 0.25) is 0 Å². The van der Waals surface area contributed by atoms with Crippen molar-refractivity contribution in [3.05, 3.63) is 47.5 Å². The van der Waals surface area contributed by atoms with E-state index >= 15 is 0 Å². The molecule has 1 aliphatic carbocycles. The van der Waals surface area contributed by atoms with Crippen molar-refractivity contribution in [1.29, 1.82) is 0 Å². The van der Waals surface area contributed by atoms with E-state index in [1.807, 2.05) is 12.2 Å². The molecule has 2 amide bonds. The molecular formula is C21H27N3O2. The van der Waals surface area contributed by atoms with E-state index in [9.17, 15) is 9.59 Å². The fourth-order valence-corrected chi connectivity index (χ4v) is 4.33. The molecule has 1 aromatic rings. The first kappa shape index (κ1) is 17.4. The summed E-state index contributed by atoms with van der Waals surface area (Å²) in [6, 6.07) is 8.52. The zero-order valence-electron chi connectivity index (χ0n) is 15.4. The molecule has 138 valence electrons. The molecule has 0 aromatic heterocycles. The van der Waals surface area contributed by atoms with Crippen molar-refractivity contribution in [2.24, 2.45) is 11.8 Å². The summed E-state index contributed by atoms with van der Waals surface area (Å²) in [5.74, 6) is -0.164. The minimum Gasteiger partial charge on any atom is -0.297 e. The highest BCUT2D eigenvalue weighted by Crippen LogP contribution is 2.35. The fourth-order valence-electron chi connectivity index (χ4n) is 4.33. The van der Waals surface area contributed by atoms with Crippen LogP contribution in [-0.2, 0) is 16.1 Å². The number of carbonyl (C=O) groups is 2. The molecule has 1 aromatic carbocycles. The molecule has 0 radical (unpaired) electrons. The lowest BCUT2D eigenvalue weighted by atomic mass is 9.85. The summed E-state index contributed by atoms with van der Waals surface area (Å²) in [4.78, 5) is 31.4. The van der Waals surface area contributed by atoms with Gasteiger partial charge in [-0.1, -0.05) is 36.4 Å². The third-order valence-electron chi connectivity index (χ3n) is 6.06. The number of aryl methyl sites for hydroxylation is 1. The van der Waals surface area contributed by atoms with Crippen LogP contribution >= 0.6 is 0 Å². The quantitative estimate of drug-likeness (QED) is 0.614. The van der Waals surface area contributed by atoms with E-state index in [-0.39, 0.29) is 23.7 Å². The van der Waals surface area contributed by atoms with Gasteiger partial charge in [0.1, 0.15) is 0 Å². The summed E-state index contributed by atoms with van der Waals surface area (Å²) in [7, 11) is 0. The highest BCUT2D eigenvalue weighted by molar-refractivity contribution is 6.05. The summed E-state index contributed by atoms with van der Waals surface area (Å²) in [5.41, 5.74) is 2.71. The van der Waals surface area contributed by atoms with Crippen molar-refractivity contribution in [3.8, 4) is 0 Å². The van der Waals surface area contributed by atoms with E-state index < -0.39 is 0 Å². The minimum atomic E-state index is -0.116. The Labute approximate surface area is 155 Å². The van der Waals surface area contributed by atoms with Crippen LogP contribution in [-0.4, -0.2) is 59.4 Å². The van der Waals surface area contributed by atoms with Gasteiger partial charge < -0.3 is 0 Å². The molecule has 2 atom stereocenters. The molecule has 3 aliphatic rings. The number of allylic oxidation sites excluding steroid dienone is 2. The van der Waals surface area contributed by atoms with Gasteiger partial charge in [0.15, 0.2) is 0 Å². The number of carbonyl (C=O) groups excluding carboxylic acids is 2. The Morgan fingerprint density at radius 2 is 1.46 bits per heavy atom. The number of rotatable bonds is 4. The van der Waals surface area contributed by atoms with E-state index in [0.717, 1.165) is 45.6 Å². The van der Waals surface area contributed by atoms with Gasteiger partial charge in [0, 0.05) is 32.7 Å². The van der Waals surface area contributed by atoms with Crippen LogP contribution in [0, 0.1) is 18.8 Å². The summed E-state index contributed by atoms with van der Waals surface area (Å²) < 4.78 is 0. The average Bonchev–Trinajstić information content (AvgIpc) is 2.90. The maximum absolute atomic E-state index is 12.6. The third kappa shape index (κ3) is 3.33. The highest BCUT2D eigenvalue weighted by atomic mass is 16.2. The van der Waals surface area contributed by atoms with Gasteiger partial charge in [0.25, 0.3) is 0 Å². The Bertz CT molecular complexity index is 696. The monoisotopic (exact) mass is 353 g/mol. The Balaban J connectivity index is 1.31. The number of imide groups is 1. The second-order valence-corrected chi connectivity index (χ2v) is 7.72. The first-order valence-corrected chi connectivity index (χ1v) is 9.63. The molecule has 2 saturated heterocycles. The topological polar surface area (TPSA) is 43.9 Å². The Morgan fingerprint density at radius 1 is 0.885 bits per heavy atom. The summed E-state index contributed by atoms with van der Waals surface area (Å²) >= 11 is 0. The maximum atomic E-state index is 12.6.